The minimum absolute atomic E-state index is 0.279. The molecule has 2 aromatic rings. The summed E-state index contributed by atoms with van der Waals surface area (Å²) in [6.07, 6.45) is 4.44. The van der Waals surface area contributed by atoms with E-state index in [2.05, 4.69) is 18.0 Å². The molecule has 0 amide bonds. The number of hydrogen-bond acceptors (Lipinski definition) is 3. The van der Waals surface area contributed by atoms with Crippen LogP contribution in [0.25, 0.3) is 10.9 Å². The summed E-state index contributed by atoms with van der Waals surface area (Å²) in [5.41, 5.74) is 3.49. The fraction of sp³-hybridized carbons (Fsp3) is 0.526. The lowest BCUT2D eigenvalue weighted by atomic mass is 9.87. The van der Waals surface area contributed by atoms with E-state index in [0.29, 0.717) is 11.4 Å². The zero-order chi connectivity index (χ0) is 18.1. The molecule has 25 heavy (non-hydrogen) atoms. The van der Waals surface area contributed by atoms with Gasteiger partial charge in [0.15, 0.2) is 0 Å². The Labute approximate surface area is 151 Å². The van der Waals surface area contributed by atoms with E-state index in [1.807, 2.05) is 23.7 Å². The molecule has 1 aromatic heterocycles. The van der Waals surface area contributed by atoms with Crippen molar-refractivity contribution in [2.24, 2.45) is 7.05 Å². The van der Waals surface area contributed by atoms with Crippen molar-refractivity contribution in [2.45, 2.75) is 25.2 Å². The Morgan fingerprint density at radius 1 is 1.28 bits per heavy atom. The molecule has 0 saturated carbocycles. The molecule has 2 heterocycles. The maximum atomic E-state index is 11.9. The number of carbonyl (C=O) groups is 1. The summed E-state index contributed by atoms with van der Waals surface area (Å²) in [6.45, 7) is 1.99. The topological polar surface area (TPSA) is 62.5 Å². The van der Waals surface area contributed by atoms with E-state index in [1.54, 1.807) is 6.26 Å². The predicted octanol–water partition coefficient (Wildman–Crippen LogP) is 2.61. The standard InChI is InChI=1S/C19H26N2O3S/c1-20-9-6-14(7-10-20)17-15-12-13(8-11-25(3)24)4-5-16(15)21(2)18(17)19(22)23/h4-5,12,14H,6-11H2,1-3H3,(H,22,23). The summed E-state index contributed by atoms with van der Waals surface area (Å²) in [5.74, 6) is 0.0543. The third-order valence-corrected chi connectivity index (χ3v) is 6.09. The second-order valence-corrected chi connectivity index (χ2v) is 8.64. The predicted molar refractivity (Wildman–Crippen MR) is 102 cm³/mol. The van der Waals surface area contributed by atoms with Crippen LogP contribution in [0, 0.1) is 0 Å². The molecule has 1 atom stereocenters. The molecule has 1 aliphatic rings. The van der Waals surface area contributed by atoms with Gasteiger partial charge in [0.25, 0.3) is 0 Å². The molecule has 1 fully saturated rings. The van der Waals surface area contributed by atoms with Crippen LogP contribution in [0.2, 0.25) is 0 Å². The van der Waals surface area contributed by atoms with Gasteiger partial charge in [-0.2, -0.15) is 0 Å². The molecule has 1 saturated heterocycles. The number of likely N-dealkylation sites (tertiary alicyclic amines) is 1. The third-order valence-electron chi connectivity index (χ3n) is 5.31. The number of aromatic nitrogens is 1. The highest BCUT2D eigenvalue weighted by Gasteiger charge is 2.28. The lowest BCUT2D eigenvalue weighted by molar-refractivity contribution is 0.0684. The van der Waals surface area contributed by atoms with Gasteiger partial charge < -0.3 is 14.6 Å². The minimum atomic E-state index is -0.858. The van der Waals surface area contributed by atoms with Gasteiger partial charge in [-0.15, -0.1) is 0 Å². The van der Waals surface area contributed by atoms with Crippen molar-refractivity contribution in [1.29, 1.82) is 0 Å². The molecule has 0 spiro atoms. The van der Waals surface area contributed by atoms with Crippen LogP contribution in [0.15, 0.2) is 18.2 Å². The van der Waals surface area contributed by atoms with Crippen LogP contribution in [-0.2, 0) is 24.3 Å². The Hall–Kier alpha value is -1.66. The van der Waals surface area contributed by atoms with Crippen molar-refractivity contribution < 1.29 is 14.1 Å². The van der Waals surface area contributed by atoms with Gasteiger partial charge >= 0.3 is 5.97 Å². The molecule has 5 nitrogen and oxygen atoms in total. The van der Waals surface area contributed by atoms with Crippen molar-refractivity contribution in [3.8, 4) is 0 Å². The van der Waals surface area contributed by atoms with E-state index in [-0.39, 0.29) is 5.92 Å². The molecule has 1 unspecified atom stereocenters. The molecule has 1 aromatic carbocycles. The highest BCUT2D eigenvalue weighted by molar-refractivity contribution is 7.84. The maximum Gasteiger partial charge on any atom is 0.352 e. The number of fused-ring (bicyclic) bond motifs is 1. The number of aryl methyl sites for hydroxylation is 2. The zero-order valence-corrected chi connectivity index (χ0v) is 15.9. The summed E-state index contributed by atoms with van der Waals surface area (Å²) >= 11 is 0. The monoisotopic (exact) mass is 362 g/mol. The number of carboxylic acid groups (broad SMARTS) is 1. The molecule has 1 aliphatic heterocycles. The van der Waals surface area contributed by atoms with Crippen LogP contribution in [0.5, 0.6) is 0 Å². The van der Waals surface area contributed by atoms with Crippen molar-refractivity contribution in [3.63, 3.8) is 0 Å². The van der Waals surface area contributed by atoms with Gasteiger partial charge in [0.2, 0.25) is 0 Å². The lowest BCUT2D eigenvalue weighted by Crippen LogP contribution is -2.29. The number of aromatic carboxylic acids is 1. The fourth-order valence-electron chi connectivity index (χ4n) is 3.91. The van der Waals surface area contributed by atoms with Crippen LogP contribution in [0.3, 0.4) is 0 Å². The third kappa shape index (κ3) is 3.65. The smallest absolute Gasteiger partial charge is 0.352 e. The number of hydrogen-bond donors (Lipinski definition) is 1. The van der Waals surface area contributed by atoms with Gasteiger partial charge in [-0.25, -0.2) is 4.79 Å². The number of nitrogens with zero attached hydrogens (tertiary/aromatic N) is 2. The second-order valence-electron chi connectivity index (χ2n) is 7.08. The zero-order valence-electron chi connectivity index (χ0n) is 15.1. The summed E-state index contributed by atoms with van der Waals surface area (Å²) in [6, 6.07) is 6.15. The van der Waals surface area contributed by atoms with Crippen LogP contribution < -0.4 is 0 Å². The molecule has 136 valence electrons. The minimum Gasteiger partial charge on any atom is -0.477 e. The second kappa shape index (κ2) is 7.30. The molecular weight excluding hydrogens is 336 g/mol. The average molecular weight is 362 g/mol. The van der Waals surface area contributed by atoms with Gasteiger partial charge in [0.05, 0.1) is 0 Å². The largest absolute Gasteiger partial charge is 0.477 e. The Morgan fingerprint density at radius 2 is 1.96 bits per heavy atom. The van der Waals surface area contributed by atoms with E-state index in [4.69, 9.17) is 0 Å². The first-order valence-corrected chi connectivity index (χ1v) is 10.4. The average Bonchev–Trinajstić information content (AvgIpc) is 2.86. The molecule has 3 rings (SSSR count). The Morgan fingerprint density at radius 3 is 2.56 bits per heavy atom. The normalized spacial score (nSPS) is 17.9. The lowest BCUT2D eigenvalue weighted by Gasteiger charge is -2.29. The van der Waals surface area contributed by atoms with Crippen molar-refractivity contribution in [2.75, 3.05) is 32.1 Å². The number of benzene rings is 1. The highest BCUT2D eigenvalue weighted by atomic mass is 32.2. The number of rotatable bonds is 5. The first-order chi connectivity index (χ1) is 11.9. The number of carboxylic acids is 1. The molecule has 0 aliphatic carbocycles. The quantitative estimate of drug-likeness (QED) is 0.888. The summed E-state index contributed by atoms with van der Waals surface area (Å²) in [4.78, 5) is 14.2. The van der Waals surface area contributed by atoms with Crippen molar-refractivity contribution in [1.82, 2.24) is 9.47 Å². The highest BCUT2D eigenvalue weighted by Crippen LogP contribution is 2.37. The molecular formula is C19H26N2O3S. The van der Waals surface area contributed by atoms with E-state index in [1.165, 1.54) is 0 Å². The van der Waals surface area contributed by atoms with Crippen LogP contribution in [0.1, 0.15) is 40.4 Å². The SMILES string of the molecule is CN1CCC(c2c(C(=O)O)n(C)c3ccc(CCS(C)=O)cc23)CC1. The van der Waals surface area contributed by atoms with Gasteiger partial charge in [-0.05, 0) is 68.6 Å². The van der Waals surface area contributed by atoms with Gasteiger partial charge in [0.1, 0.15) is 5.69 Å². The molecule has 0 bridgehead atoms. The van der Waals surface area contributed by atoms with E-state index in [0.717, 1.165) is 54.4 Å². The Bertz CT molecular complexity index is 820. The van der Waals surface area contributed by atoms with E-state index >= 15 is 0 Å². The van der Waals surface area contributed by atoms with Crippen molar-refractivity contribution >= 4 is 27.7 Å². The summed E-state index contributed by atoms with van der Waals surface area (Å²) < 4.78 is 13.2. The Balaban J connectivity index is 2.09. The first-order valence-electron chi connectivity index (χ1n) is 8.71. The van der Waals surface area contributed by atoms with Gasteiger partial charge in [-0.3, -0.25) is 4.21 Å². The molecule has 0 radical (unpaired) electrons. The van der Waals surface area contributed by atoms with Crippen molar-refractivity contribution in [3.05, 3.63) is 35.0 Å². The van der Waals surface area contributed by atoms with E-state index in [9.17, 15) is 14.1 Å². The van der Waals surface area contributed by atoms with Gasteiger partial charge in [-0.1, -0.05) is 6.07 Å². The van der Waals surface area contributed by atoms with Crippen LogP contribution in [0.4, 0.5) is 0 Å². The fourth-order valence-corrected chi connectivity index (χ4v) is 4.43. The molecule has 6 heteroatoms. The van der Waals surface area contributed by atoms with Gasteiger partial charge in [0, 0.05) is 40.8 Å². The summed E-state index contributed by atoms with van der Waals surface area (Å²) in [7, 11) is 3.13. The van der Waals surface area contributed by atoms with E-state index < -0.39 is 16.8 Å². The summed E-state index contributed by atoms with van der Waals surface area (Å²) in [5, 5.41) is 10.9. The Kier molecular flexibility index (Phi) is 5.29. The van der Waals surface area contributed by atoms with Crippen LogP contribution >= 0.6 is 0 Å². The maximum absolute atomic E-state index is 11.9. The molecule has 1 N–H and O–H groups in total. The first kappa shape index (κ1) is 18.1. The number of piperidine rings is 1. The van der Waals surface area contributed by atoms with Crippen LogP contribution in [-0.4, -0.2) is 56.9 Å².